The molecule has 0 aromatic rings. The van der Waals surface area contributed by atoms with E-state index in [0.29, 0.717) is 32.8 Å². The Balaban J connectivity index is -0.0000123. The van der Waals surface area contributed by atoms with Gasteiger partial charge in [0.25, 0.3) is 0 Å². The van der Waals surface area contributed by atoms with Crippen molar-refractivity contribution in [2.75, 3.05) is 111 Å². The SMILES string of the molecule is CCCCCCCCCCCCCCOCC(COCCCCCCCC)(COCC(COCCCCCCCC)(COCC(COCCCCCCCC)(COCCCCCCCCCCCCCC)CS(=O)(=O)[O-])COS(=O)(=O)[O-])CS(=O)(=O)[O-].[Na+].[Na+].[Na+]. The molecule has 2 atom stereocenters. The monoisotopic (exact) mass is 1370 g/mol. The Bertz CT molecular complexity index is 1740. The van der Waals surface area contributed by atoms with E-state index in [4.69, 9.17) is 37.3 Å². The molecule has 0 rings (SSSR count). The van der Waals surface area contributed by atoms with Crippen molar-refractivity contribution in [1.82, 2.24) is 0 Å². The molecule has 0 spiro atoms. The third-order valence-corrected chi connectivity index (χ3v) is 18.7. The van der Waals surface area contributed by atoms with Crippen LogP contribution in [0.5, 0.6) is 0 Å². The Morgan fingerprint density at radius 1 is 0.233 bits per heavy atom. The van der Waals surface area contributed by atoms with Gasteiger partial charge in [0.1, 0.15) is 0 Å². The summed E-state index contributed by atoms with van der Waals surface area (Å²) in [6, 6.07) is 0. The van der Waals surface area contributed by atoms with Crippen LogP contribution in [0.4, 0.5) is 0 Å². The summed E-state index contributed by atoms with van der Waals surface area (Å²) in [7, 11) is -15.1. The first kappa shape index (κ1) is 98.8. The van der Waals surface area contributed by atoms with Crippen LogP contribution in [0, 0.1) is 16.2 Å². The Kier molecular flexibility index (Phi) is 73.8. The van der Waals surface area contributed by atoms with Gasteiger partial charge < -0.3 is 46.8 Å². The van der Waals surface area contributed by atoms with Crippen molar-refractivity contribution in [3.8, 4) is 0 Å². The van der Waals surface area contributed by atoms with Crippen molar-refractivity contribution in [3.05, 3.63) is 0 Å². The van der Waals surface area contributed by atoms with E-state index in [0.717, 1.165) is 161 Å². The zero-order valence-corrected chi connectivity index (χ0v) is 67.8. The molecule has 90 heavy (non-hydrogen) atoms. The summed E-state index contributed by atoms with van der Waals surface area (Å²) in [6.07, 6.45) is 45.6. The molecule has 0 N–H and O–H groups in total. The minimum absolute atomic E-state index is 0. The van der Waals surface area contributed by atoms with Gasteiger partial charge in [-0.1, -0.05) is 272 Å². The molecule has 17 nitrogen and oxygen atoms in total. The number of rotatable bonds is 72. The fourth-order valence-corrected chi connectivity index (χ4v) is 13.5. The number of hydrogen-bond donors (Lipinski definition) is 0. The zero-order chi connectivity index (χ0) is 64.4. The van der Waals surface area contributed by atoms with Gasteiger partial charge >= 0.3 is 88.7 Å². The molecular weight excluding hydrogens is 1240 g/mol. The van der Waals surface area contributed by atoms with Crippen LogP contribution in [-0.4, -0.2) is 150 Å². The van der Waals surface area contributed by atoms with Crippen LogP contribution in [0.2, 0.25) is 0 Å². The van der Waals surface area contributed by atoms with Crippen molar-refractivity contribution in [3.63, 3.8) is 0 Å². The summed E-state index contributed by atoms with van der Waals surface area (Å²) in [4.78, 5) is 0. The van der Waals surface area contributed by atoms with Crippen LogP contribution in [-0.2, 0) is 68.0 Å². The molecule has 0 saturated heterocycles. The van der Waals surface area contributed by atoms with Gasteiger partial charge in [0, 0.05) is 33.0 Å². The fourth-order valence-electron chi connectivity index (χ4n) is 11.2. The zero-order valence-electron chi connectivity index (χ0n) is 59.4. The van der Waals surface area contributed by atoms with E-state index in [-0.39, 0.29) is 142 Å². The molecule has 0 aliphatic carbocycles. The Hall–Kier alpha value is 2.41. The maximum Gasteiger partial charge on any atom is 1.00 e. The van der Waals surface area contributed by atoms with Gasteiger partial charge in [-0.25, -0.2) is 25.3 Å². The quantitative estimate of drug-likeness (QED) is 0.0254. The summed E-state index contributed by atoms with van der Waals surface area (Å²) in [6.45, 7) is 9.02. The second kappa shape index (κ2) is 67.2. The second-order valence-corrected chi connectivity index (χ2v) is 29.8. The summed E-state index contributed by atoms with van der Waals surface area (Å²) in [5, 5.41) is 0. The molecule has 0 aliphatic heterocycles. The number of unbranched alkanes of at least 4 members (excludes halogenated alkanes) is 37. The normalized spacial score (nSPS) is 14.1. The Labute approximate surface area is 620 Å². The van der Waals surface area contributed by atoms with Gasteiger partial charge in [0.2, 0.25) is 10.4 Å². The van der Waals surface area contributed by atoms with Crippen LogP contribution < -0.4 is 88.7 Å². The number of ether oxygens (including phenoxy) is 7. The molecule has 0 radical (unpaired) electrons. The molecule has 524 valence electrons. The van der Waals surface area contributed by atoms with E-state index in [1.165, 1.54) is 103 Å². The van der Waals surface area contributed by atoms with E-state index in [1.807, 2.05) is 0 Å². The maximum absolute atomic E-state index is 12.8. The van der Waals surface area contributed by atoms with E-state index in [2.05, 4.69) is 34.6 Å². The first-order valence-corrected chi connectivity index (χ1v) is 39.8. The third kappa shape index (κ3) is 66.3. The Morgan fingerprint density at radius 2 is 0.400 bits per heavy atom. The van der Waals surface area contributed by atoms with Crippen molar-refractivity contribution >= 4 is 30.6 Å². The molecular formula is C67H133Na3O17S3. The molecule has 0 heterocycles. The van der Waals surface area contributed by atoms with Gasteiger partial charge in [-0.05, 0) is 32.1 Å². The third-order valence-electron chi connectivity index (χ3n) is 16.4. The van der Waals surface area contributed by atoms with Crippen molar-refractivity contribution in [2.45, 2.75) is 304 Å². The first-order chi connectivity index (χ1) is 41.8. The molecule has 0 amide bonds. The first-order valence-electron chi connectivity index (χ1n) is 35.4. The fraction of sp³-hybridized carbons (Fsp3) is 1.00. The Morgan fingerprint density at radius 3 is 0.589 bits per heavy atom. The van der Waals surface area contributed by atoms with Crippen LogP contribution in [0.25, 0.3) is 0 Å². The second-order valence-electron chi connectivity index (χ2n) is 25.9. The molecule has 0 bridgehead atoms. The van der Waals surface area contributed by atoms with E-state index in [9.17, 15) is 38.9 Å². The molecule has 0 aliphatic rings. The molecule has 2 unspecified atom stereocenters. The average Bonchev–Trinajstić information content (AvgIpc) is 1.96. The summed E-state index contributed by atoms with van der Waals surface area (Å²) in [5.41, 5.74) is -4.57. The van der Waals surface area contributed by atoms with Gasteiger partial charge in [0.15, 0.2) is 0 Å². The average molecular weight is 1380 g/mol. The maximum atomic E-state index is 12.8. The molecule has 0 saturated carbocycles. The van der Waals surface area contributed by atoms with Gasteiger partial charge in [-0.15, -0.1) is 0 Å². The topological polar surface area (TPSA) is 245 Å². The largest absolute Gasteiger partial charge is 1.00 e. The summed E-state index contributed by atoms with van der Waals surface area (Å²) < 4.78 is 163. The summed E-state index contributed by atoms with van der Waals surface area (Å²) >= 11 is 0. The van der Waals surface area contributed by atoms with Gasteiger partial charge in [-0.3, -0.25) is 4.18 Å². The smallest absolute Gasteiger partial charge is 0.748 e. The van der Waals surface area contributed by atoms with E-state index >= 15 is 0 Å². The van der Waals surface area contributed by atoms with Crippen LogP contribution in [0.15, 0.2) is 0 Å². The van der Waals surface area contributed by atoms with Gasteiger partial charge in [-0.2, -0.15) is 0 Å². The minimum atomic E-state index is -5.31. The van der Waals surface area contributed by atoms with Crippen LogP contribution in [0.3, 0.4) is 0 Å². The van der Waals surface area contributed by atoms with Crippen molar-refractivity contribution < 1.29 is 165 Å². The van der Waals surface area contributed by atoms with E-state index in [1.54, 1.807) is 0 Å². The molecule has 23 heteroatoms. The predicted octanol–water partition coefficient (Wildman–Crippen LogP) is 7.12. The van der Waals surface area contributed by atoms with Crippen LogP contribution in [0.1, 0.15) is 304 Å². The molecule has 0 aromatic carbocycles. The van der Waals surface area contributed by atoms with E-state index < -0.39 is 78.2 Å². The molecule has 0 fully saturated rings. The molecule has 0 aromatic heterocycles. The van der Waals surface area contributed by atoms with Gasteiger partial charge in [0.05, 0.1) is 114 Å². The van der Waals surface area contributed by atoms with Crippen molar-refractivity contribution in [1.29, 1.82) is 0 Å². The van der Waals surface area contributed by atoms with Crippen molar-refractivity contribution in [2.24, 2.45) is 16.2 Å². The predicted molar refractivity (Wildman–Crippen MR) is 350 cm³/mol. The standard InChI is InChI=1S/C67H136O17S3.3Na/c1-6-11-16-21-26-28-30-32-34-36-41-46-51-80-58-66(63-85(68,69)70,56-78-49-44-39-24-19-14-9-4)60-82-54-65(62-84-87(74,75)76,53-77-48-43-38-23-18-13-8-3)55-83-61-67(64-86(71,72)73,57-79-50-45-40-25-20-15-10-5)59-81-52-47-42-37-35-33-31-29-27-22-17-12-7-2;;;/h6-64H2,1-5H3,(H,68,69,70)(H,71,72,73)(H,74,75,76);;;/q;3*+1/p-3. The number of hydrogen-bond acceptors (Lipinski definition) is 17. The summed E-state index contributed by atoms with van der Waals surface area (Å²) in [5.74, 6) is -1.74. The minimum Gasteiger partial charge on any atom is -0.748 e. The van der Waals surface area contributed by atoms with Crippen LogP contribution >= 0.6 is 0 Å².